The van der Waals surface area contributed by atoms with Gasteiger partial charge in [-0.3, -0.25) is 4.79 Å². The minimum atomic E-state index is -1.18. The Bertz CT molecular complexity index is 691. The smallest absolute Gasteiger partial charge is 0.322 e. The molecule has 26 heavy (non-hydrogen) atoms. The summed E-state index contributed by atoms with van der Waals surface area (Å²) in [5.74, 6) is 0.599. The van der Waals surface area contributed by atoms with E-state index >= 15 is 0 Å². The summed E-state index contributed by atoms with van der Waals surface area (Å²) >= 11 is 0. The quantitative estimate of drug-likeness (QED) is 0.861. The number of carbonyl (C=O) groups excluding carboxylic acids is 2. The number of β-amino-alcohol motifs (C(OH)–C–C–N with tert-alkyl or cyclic N) is 1. The summed E-state index contributed by atoms with van der Waals surface area (Å²) in [7, 11) is 3.33. The Balaban J connectivity index is 1.67. The molecular formula is C19H27N3O4. The summed E-state index contributed by atoms with van der Waals surface area (Å²) < 4.78 is 5.73. The van der Waals surface area contributed by atoms with E-state index in [1.165, 1.54) is 4.90 Å². The van der Waals surface area contributed by atoms with E-state index in [9.17, 15) is 14.7 Å². The average molecular weight is 361 g/mol. The van der Waals surface area contributed by atoms with Gasteiger partial charge in [-0.05, 0) is 37.3 Å². The summed E-state index contributed by atoms with van der Waals surface area (Å²) in [5.41, 5.74) is 0.579. The van der Waals surface area contributed by atoms with Crippen LogP contribution < -0.4 is 10.1 Å². The molecule has 2 N–H and O–H groups in total. The van der Waals surface area contributed by atoms with E-state index < -0.39 is 5.60 Å². The van der Waals surface area contributed by atoms with Crippen LogP contribution in [-0.4, -0.2) is 66.2 Å². The first-order chi connectivity index (χ1) is 12.4. The van der Waals surface area contributed by atoms with Crippen molar-refractivity contribution < 1.29 is 19.4 Å². The van der Waals surface area contributed by atoms with E-state index in [4.69, 9.17) is 4.74 Å². The maximum Gasteiger partial charge on any atom is 0.322 e. The maximum atomic E-state index is 12.7. The van der Waals surface area contributed by atoms with Crippen LogP contribution in [0.5, 0.6) is 5.75 Å². The van der Waals surface area contributed by atoms with Crippen LogP contribution in [0.2, 0.25) is 0 Å². The van der Waals surface area contributed by atoms with Crippen molar-refractivity contribution in [2.75, 3.05) is 39.1 Å². The first-order valence-electron chi connectivity index (χ1n) is 9.11. The van der Waals surface area contributed by atoms with Crippen LogP contribution in [0.1, 0.15) is 31.2 Å². The molecule has 3 rings (SSSR count). The lowest BCUT2D eigenvalue weighted by atomic mass is 9.89. The van der Waals surface area contributed by atoms with Gasteiger partial charge in [0.2, 0.25) is 5.91 Å². The highest BCUT2D eigenvalue weighted by molar-refractivity contribution is 5.91. The van der Waals surface area contributed by atoms with Gasteiger partial charge in [0.15, 0.2) is 0 Å². The zero-order chi connectivity index (χ0) is 18.7. The predicted molar refractivity (Wildman–Crippen MR) is 98.3 cm³/mol. The van der Waals surface area contributed by atoms with Gasteiger partial charge in [0.05, 0.1) is 30.9 Å². The first-order valence-corrected chi connectivity index (χ1v) is 9.11. The normalized spacial score (nSPS) is 22.2. The van der Waals surface area contributed by atoms with Crippen molar-refractivity contribution in [3.63, 3.8) is 0 Å². The number of aliphatic hydroxyl groups is 1. The van der Waals surface area contributed by atoms with E-state index in [0.717, 1.165) is 24.2 Å². The van der Waals surface area contributed by atoms with Crippen molar-refractivity contribution in [2.24, 2.45) is 0 Å². The number of anilines is 1. The van der Waals surface area contributed by atoms with Gasteiger partial charge in [0.1, 0.15) is 5.75 Å². The number of urea groups is 1. The Morgan fingerprint density at radius 2 is 2.15 bits per heavy atom. The molecule has 1 unspecified atom stereocenters. The number of hydrogen-bond donors (Lipinski definition) is 2. The van der Waals surface area contributed by atoms with Crippen LogP contribution in [0.15, 0.2) is 18.2 Å². The lowest BCUT2D eigenvalue weighted by Gasteiger charge is -2.39. The number of fused-ring (bicyclic) bond motifs is 1. The highest BCUT2D eigenvalue weighted by atomic mass is 16.5. The Kier molecular flexibility index (Phi) is 5.36. The van der Waals surface area contributed by atoms with Gasteiger partial charge >= 0.3 is 6.03 Å². The van der Waals surface area contributed by atoms with E-state index in [0.29, 0.717) is 31.7 Å². The zero-order valence-electron chi connectivity index (χ0n) is 15.5. The van der Waals surface area contributed by atoms with E-state index in [2.05, 4.69) is 5.32 Å². The molecule has 1 atom stereocenters. The molecule has 142 valence electrons. The number of amides is 3. The number of likely N-dealkylation sites (tertiary alicyclic amines) is 1. The molecule has 7 nitrogen and oxygen atoms in total. The summed E-state index contributed by atoms with van der Waals surface area (Å²) in [6, 6.07) is 5.47. The zero-order valence-corrected chi connectivity index (χ0v) is 15.5. The first kappa shape index (κ1) is 18.5. The highest BCUT2D eigenvalue weighted by Crippen LogP contribution is 2.33. The topological polar surface area (TPSA) is 82.1 Å². The lowest BCUT2D eigenvalue weighted by Crippen LogP contribution is -2.53. The molecule has 0 radical (unpaired) electrons. The fraction of sp³-hybridized carbons (Fsp3) is 0.579. The number of aryl methyl sites for hydroxylation is 1. The van der Waals surface area contributed by atoms with E-state index in [-0.39, 0.29) is 24.9 Å². The minimum absolute atomic E-state index is 0.0215. The van der Waals surface area contributed by atoms with Gasteiger partial charge in [0.25, 0.3) is 0 Å². The monoisotopic (exact) mass is 361 g/mol. The van der Waals surface area contributed by atoms with Crippen molar-refractivity contribution in [3.8, 4) is 5.75 Å². The molecule has 3 amide bonds. The predicted octanol–water partition coefficient (Wildman–Crippen LogP) is 1.85. The summed E-state index contributed by atoms with van der Waals surface area (Å²) in [6.07, 6.45) is 3.11. The molecule has 1 saturated heterocycles. The molecular weight excluding hydrogens is 334 g/mol. The molecule has 2 aliphatic rings. The van der Waals surface area contributed by atoms with Gasteiger partial charge in [0, 0.05) is 20.6 Å². The molecule has 0 aliphatic carbocycles. The van der Waals surface area contributed by atoms with Crippen LogP contribution in [0.25, 0.3) is 0 Å². The summed E-state index contributed by atoms with van der Waals surface area (Å²) in [5, 5.41) is 13.7. The van der Waals surface area contributed by atoms with Crippen LogP contribution in [-0.2, 0) is 11.2 Å². The van der Waals surface area contributed by atoms with Crippen LogP contribution in [0.3, 0.4) is 0 Å². The third kappa shape index (κ3) is 4.09. The summed E-state index contributed by atoms with van der Waals surface area (Å²) in [4.78, 5) is 27.7. The van der Waals surface area contributed by atoms with Crippen molar-refractivity contribution >= 4 is 17.6 Å². The Morgan fingerprint density at radius 3 is 2.92 bits per heavy atom. The number of hydrogen-bond acceptors (Lipinski definition) is 4. The average Bonchev–Trinajstić information content (AvgIpc) is 2.61. The number of nitrogens with one attached hydrogen (secondary N) is 1. The number of para-hydroxylation sites is 1. The molecule has 1 aromatic carbocycles. The molecule has 0 bridgehead atoms. The molecule has 0 aromatic heterocycles. The maximum absolute atomic E-state index is 12.7. The third-order valence-corrected chi connectivity index (χ3v) is 5.00. The van der Waals surface area contributed by atoms with Gasteiger partial charge in [-0.15, -0.1) is 0 Å². The number of benzene rings is 1. The molecule has 1 fully saturated rings. The van der Waals surface area contributed by atoms with Crippen LogP contribution in [0, 0.1) is 0 Å². The Morgan fingerprint density at radius 1 is 1.35 bits per heavy atom. The SMILES string of the molecule is CN(C)C(=O)CC1(O)CCCN(C(=O)Nc2cccc3c2OCCC3)C1. The number of ether oxygens (including phenoxy) is 1. The summed E-state index contributed by atoms with van der Waals surface area (Å²) in [6.45, 7) is 1.35. The Hall–Kier alpha value is -2.28. The number of nitrogens with zero attached hydrogens (tertiary/aromatic N) is 2. The van der Waals surface area contributed by atoms with Gasteiger partial charge in [-0.2, -0.15) is 0 Å². The second kappa shape index (κ2) is 7.53. The van der Waals surface area contributed by atoms with E-state index in [1.807, 2.05) is 18.2 Å². The van der Waals surface area contributed by atoms with Crippen molar-refractivity contribution in [3.05, 3.63) is 23.8 Å². The van der Waals surface area contributed by atoms with Gasteiger partial charge < -0.3 is 25.0 Å². The van der Waals surface area contributed by atoms with Crippen molar-refractivity contribution in [1.29, 1.82) is 0 Å². The largest absolute Gasteiger partial charge is 0.491 e. The fourth-order valence-corrected chi connectivity index (χ4v) is 3.55. The fourth-order valence-electron chi connectivity index (χ4n) is 3.55. The molecule has 7 heteroatoms. The molecule has 0 spiro atoms. The molecule has 0 saturated carbocycles. The second-order valence-electron chi connectivity index (χ2n) is 7.39. The van der Waals surface area contributed by atoms with Crippen LogP contribution >= 0.6 is 0 Å². The van der Waals surface area contributed by atoms with Gasteiger partial charge in [-0.1, -0.05) is 12.1 Å². The van der Waals surface area contributed by atoms with Gasteiger partial charge in [-0.25, -0.2) is 4.79 Å². The lowest BCUT2D eigenvalue weighted by molar-refractivity contribution is -0.135. The highest BCUT2D eigenvalue weighted by Gasteiger charge is 2.37. The Labute approximate surface area is 153 Å². The molecule has 2 heterocycles. The second-order valence-corrected chi connectivity index (χ2v) is 7.39. The van der Waals surface area contributed by atoms with Crippen LogP contribution in [0.4, 0.5) is 10.5 Å². The third-order valence-electron chi connectivity index (χ3n) is 5.00. The van der Waals surface area contributed by atoms with Crippen molar-refractivity contribution in [2.45, 2.75) is 37.7 Å². The molecule has 1 aromatic rings. The number of rotatable bonds is 3. The standard InChI is InChI=1S/C19H27N3O4/c1-21(2)16(23)12-19(25)9-5-10-22(13-19)18(24)20-15-8-3-6-14-7-4-11-26-17(14)15/h3,6,8,25H,4-5,7,9-13H2,1-2H3,(H,20,24). The number of carbonyl (C=O) groups is 2. The molecule has 2 aliphatic heterocycles. The number of piperidine rings is 1. The van der Waals surface area contributed by atoms with E-state index in [1.54, 1.807) is 19.0 Å². The minimum Gasteiger partial charge on any atom is -0.491 e. The van der Waals surface area contributed by atoms with Crippen molar-refractivity contribution in [1.82, 2.24) is 9.80 Å².